The molecule has 0 aliphatic carbocycles. The van der Waals surface area contributed by atoms with Gasteiger partial charge in [-0.25, -0.2) is 13.6 Å². The van der Waals surface area contributed by atoms with Gasteiger partial charge in [0.1, 0.15) is 43.5 Å². The molecule has 0 saturated carbocycles. The van der Waals surface area contributed by atoms with E-state index in [0.717, 1.165) is 29.3 Å². The number of carbonyl (C=O) groups is 7. The Hall–Kier alpha value is -7.77. The van der Waals surface area contributed by atoms with Crippen molar-refractivity contribution in [2.75, 3.05) is 19.7 Å². The van der Waals surface area contributed by atoms with Crippen molar-refractivity contribution < 1.29 is 56.9 Å². The van der Waals surface area contributed by atoms with Gasteiger partial charge in [-0.2, -0.15) is 0 Å². The van der Waals surface area contributed by atoms with E-state index in [1.165, 1.54) is 4.90 Å². The number of primary amides is 1. The number of carbonyl (C=O) groups excluding carboxylic acids is 7. The first-order valence-corrected chi connectivity index (χ1v) is 23.7. The van der Waals surface area contributed by atoms with Crippen molar-refractivity contribution in [1.29, 1.82) is 0 Å². The number of hydrogen-bond donors (Lipinski definition) is 6. The summed E-state index contributed by atoms with van der Waals surface area (Å²) in [5, 5.41) is 18.1. The maximum absolute atomic E-state index is 15.3. The lowest BCUT2D eigenvalue weighted by Crippen LogP contribution is -2.54. The Balaban J connectivity index is 1.35. The van der Waals surface area contributed by atoms with Crippen LogP contribution in [0.25, 0.3) is 11.1 Å². The minimum absolute atomic E-state index is 0.00438. The highest BCUT2D eigenvalue weighted by atomic mass is 19.1. The lowest BCUT2D eigenvalue weighted by Gasteiger charge is -2.41. The van der Waals surface area contributed by atoms with E-state index in [4.69, 9.17) is 20.9 Å². The zero-order valence-electron chi connectivity index (χ0n) is 41.1. The topological polar surface area (TPSA) is 254 Å². The van der Waals surface area contributed by atoms with Crippen LogP contribution < -0.4 is 27.4 Å². The zero-order valence-corrected chi connectivity index (χ0v) is 41.1. The molecule has 4 aromatic carbocycles. The van der Waals surface area contributed by atoms with Crippen LogP contribution in [-0.4, -0.2) is 93.9 Å². The van der Waals surface area contributed by atoms with Crippen LogP contribution in [0.15, 0.2) is 121 Å². The molecule has 5 rings (SSSR count). The number of halogens is 2. The van der Waals surface area contributed by atoms with Crippen molar-refractivity contribution in [3.63, 3.8) is 0 Å². The molecule has 0 fully saturated rings. The summed E-state index contributed by atoms with van der Waals surface area (Å²) >= 11 is 0. The summed E-state index contributed by atoms with van der Waals surface area (Å²) in [4.78, 5) is 93.7. The first-order chi connectivity index (χ1) is 34.8. The molecule has 0 spiro atoms. The third-order valence-electron chi connectivity index (χ3n) is 11.7. The summed E-state index contributed by atoms with van der Waals surface area (Å²) in [7, 11) is 0. The van der Waals surface area contributed by atoms with Crippen LogP contribution in [0.5, 0.6) is 0 Å². The van der Waals surface area contributed by atoms with Gasteiger partial charge in [-0.3, -0.25) is 28.8 Å². The van der Waals surface area contributed by atoms with Gasteiger partial charge in [-0.05, 0) is 59.2 Å². The number of hydrogen-bond acceptors (Lipinski definition) is 11. The van der Waals surface area contributed by atoms with Crippen LogP contribution >= 0.6 is 0 Å². The van der Waals surface area contributed by atoms with Gasteiger partial charge < -0.3 is 51.5 Å². The minimum Gasteiger partial charge on any atom is -0.461 e. The van der Waals surface area contributed by atoms with E-state index in [9.17, 15) is 43.1 Å². The van der Waals surface area contributed by atoms with Crippen molar-refractivity contribution in [2.45, 2.75) is 96.8 Å². The largest absolute Gasteiger partial charge is 0.461 e. The molecule has 0 aliphatic rings. The SMILES string of the molecule is CC(C)(C)C(c1cc(-c2cc(F)ccc2F)cn1Cc1ccccc1)N(CCC(NC(=O)C(N)CC(N)=O)C(=O)NCCC(=O)NC(CCC(=O)OCc1ccccc1)C(=O)OCc1ccccc1)C(=O)CO. The number of ether oxygens (including phenoxy) is 2. The van der Waals surface area contributed by atoms with Crippen LogP contribution in [0.3, 0.4) is 0 Å². The molecule has 8 N–H and O–H groups in total. The standard InChI is InChI=1S/C54H63F2N7O10/c1-54(2,3)50(45-27-38(40-28-39(55)19-20-41(40)56)31-62(45)30-35-13-7-4-8-14-35)63(48(67)32-64)26-24-43(61-51(69)42(57)29-46(58)65)52(70)59-25-23-47(66)60-44(53(71)73-34-37-17-11-6-12-18-37)21-22-49(68)72-33-36-15-9-5-10-16-36/h4-20,27-28,31,42-44,50,64H,21-26,29-30,32-34,57H2,1-3H3,(H2,58,65)(H,59,70)(H,60,66)(H,61,69). The lowest BCUT2D eigenvalue weighted by molar-refractivity contribution is -0.150. The van der Waals surface area contributed by atoms with Gasteiger partial charge in [0.05, 0.1) is 18.5 Å². The van der Waals surface area contributed by atoms with Crippen LogP contribution in [0.1, 0.15) is 81.3 Å². The third kappa shape index (κ3) is 17.5. The van der Waals surface area contributed by atoms with Gasteiger partial charge in [0.25, 0.3) is 0 Å². The molecule has 4 atom stereocenters. The molecule has 0 aliphatic heterocycles. The fourth-order valence-electron chi connectivity index (χ4n) is 8.07. The first-order valence-electron chi connectivity index (χ1n) is 23.7. The van der Waals surface area contributed by atoms with Gasteiger partial charge in [-0.15, -0.1) is 0 Å². The minimum atomic E-state index is -1.46. The Morgan fingerprint density at radius 2 is 1.34 bits per heavy atom. The van der Waals surface area contributed by atoms with Gasteiger partial charge in [0.15, 0.2) is 0 Å². The molecule has 1 heterocycles. The number of benzene rings is 4. The molecular weight excluding hydrogens is 945 g/mol. The summed E-state index contributed by atoms with van der Waals surface area (Å²) in [6.07, 6.45) is -0.0181. The second-order valence-electron chi connectivity index (χ2n) is 18.5. The summed E-state index contributed by atoms with van der Waals surface area (Å²) in [5.74, 6) is -6.89. The first kappa shape index (κ1) is 56.1. The van der Waals surface area contributed by atoms with Gasteiger partial charge in [0.2, 0.25) is 29.5 Å². The van der Waals surface area contributed by atoms with Crippen molar-refractivity contribution >= 4 is 41.5 Å². The highest BCUT2D eigenvalue weighted by Gasteiger charge is 2.38. The fraction of sp³-hybridized carbons (Fsp3) is 0.352. The fourth-order valence-corrected chi connectivity index (χ4v) is 8.07. The molecule has 5 aromatic rings. The molecule has 4 unspecified atom stereocenters. The van der Waals surface area contributed by atoms with Crippen LogP contribution in [0.4, 0.5) is 8.78 Å². The molecular formula is C54H63F2N7O10. The molecule has 5 amide bonds. The van der Waals surface area contributed by atoms with Crippen molar-refractivity contribution in [2.24, 2.45) is 16.9 Å². The Bertz CT molecular complexity index is 2660. The maximum atomic E-state index is 15.3. The van der Waals surface area contributed by atoms with Crippen LogP contribution in [-0.2, 0) is 62.8 Å². The maximum Gasteiger partial charge on any atom is 0.328 e. The van der Waals surface area contributed by atoms with Crippen molar-refractivity contribution in [3.05, 3.63) is 155 Å². The molecule has 0 bridgehead atoms. The molecule has 73 heavy (non-hydrogen) atoms. The average molecular weight is 1010 g/mol. The van der Waals surface area contributed by atoms with E-state index in [2.05, 4.69) is 16.0 Å². The van der Waals surface area contributed by atoms with E-state index in [1.54, 1.807) is 71.4 Å². The number of nitrogens with one attached hydrogen (secondary N) is 3. The monoisotopic (exact) mass is 1010 g/mol. The van der Waals surface area contributed by atoms with Crippen LogP contribution in [0.2, 0.25) is 0 Å². The van der Waals surface area contributed by atoms with E-state index in [0.29, 0.717) is 16.8 Å². The molecule has 0 radical (unpaired) electrons. The third-order valence-corrected chi connectivity index (χ3v) is 11.7. The average Bonchev–Trinajstić information content (AvgIpc) is 3.77. The Morgan fingerprint density at radius 1 is 0.740 bits per heavy atom. The van der Waals surface area contributed by atoms with E-state index >= 15 is 4.39 Å². The summed E-state index contributed by atoms with van der Waals surface area (Å²) in [5.41, 5.74) is 13.5. The number of amides is 5. The van der Waals surface area contributed by atoms with Gasteiger partial charge in [0, 0.05) is 55.5 Å². The van der Waals surface area contributed by atoms with Crippen LogP contribution in [0, 0.1) is 17.0 Å². The normalized spacial score (nSPS) is 12.9. The molecule has 17 nitrogen and oxygen atoms in total. The molecule has 1 aromatic heterocycles. The number of nitrogens with two attached hydrogens (primary N) is 2. The number of aliphatic hydroxyl groups excluding tert-OH is 1. The number of esters is 2. The number of rotatable bonds is 26. The molecule has 388 valence electrons. The van der Waals surface area contributed by atoms with Crippen molar-refractivity contribution in [1.82, 2.24) is 25.4 Å². The number of nitrogens with zero attached hydrogens (tertiary/aromatic N) is 2. The predicted octanol–water partition coefficient (Wildman–Crippen LogP) is 4.73. The zero-order chi connectivity index (χ0) is 53.1. The quantitative estimate of drug-likeness (QED) is 0.0413. The number of aliphatic hydroxyl groups is 1. The summed E-state index contributed by atoms with van der Waals surface area (Å²) in [6.45, 7) is 4.07. The molecule has 19 heteroatoms. The number of aromatic nitrogens is 1. The van der Waals surface area contributed by atoms with E-state index < -0.39 is 95.7 Å². The van der Waals surface area contributed by atoms with Gasteiger partial charge in [-0.1, -0.05) is 112 Å². The lowest BCUT2D eigenvalue weighted by atomic mass is 9.82. The van der Waals surface area contributed by atoms with E-state index in [1.807, 2.05) is 57.2 Å². The summed E-state index contributed by atoms with van der Waals surface area (Å²) in [6, 6.07) is 26.7. The highest BCUT2D eigenvalue weighted by molar-refractivity contribution is 5.92. The Kier molecular flexibility index (Phi) is 20.9. The Labute approximate surface area is 422 Å². The second kappa shape index (κ2) is 27.2. The smallest absolute Gasteiger partial charge is 0.328 e. The Morgan fingerprint density at radius 3 is 1.93 bits per heavy atom. The van der Waals surface area contributed by atoms with E-state index in [-0.39, 0.29) is 64.1 Å². The van der Waals surface area contributed by atoms with Crippen molar-refractivity contribution in [3.8, 4) is 11.1 Å². The molecule has 0 saturated heterocycles. The van der Waals surface area contributed by atoms with Gasteiger partial charge >= 0.3 is 11.9 Å². The predicted molar refractivity (Wildman–Crippen MR) is 266 cm³/mol. The summed E-state index contributed by atoms with van der Waals surface area (Å²) < 4.78 is 42.5. The second-order valence-corrected chi connectivity index (χ2v) is 18.5. The highest BCUT2D eigenvalue weighted by Crippen LogP contribution is 2.41.